The minimum Gasteiger partial charge on any atom is -0.476 e. The predicted molar refractivity (Wildman–Crippen MR) is 131 cm³/mol. The van der Waals surface area contributed by atoms with E-state index in [1.165, 1.54) is 10.9 Å². The standard InChI is InChI=1S/C26H26BN3O2/c1-29-17-18-30(2)25(29)24(26(31)32)28-19-20-11-9-10-16-23(20)27(21-12-5-3-6-13-21)22-14-7-4-8-15-22/h3-16,19H,17-18H2,1-2H3,(H,31,32). The number of rotatable bonds is 6. The zero-order valence-electron chi connectivity index (χ0n) is 18.3. The van der Waals surface area contributed by atoms with Crippen LogP contribution in [0.5, 0.6) is 0 Å². The van der Waals surface area contributed by atoms with E-state index >= 15 is 0 Å². The zero-order chi connectivity index (χ0) is 22.5. The van der Waals surface area contributed by atoms with Crippen LogP contribution in [0.2, 0.25) is 0 Å². The number of likely N-dealkylation sites (N-methyl/N-ethyl adjacent to an activating group) is 2. The molecule has 1 aliphatic rings. The van der Waals surface area contributed by atoms with Gasteiger partial charge in [-0.1, -0.05) is 101 Å². The summed E-state index contributed by atoms with van der Waals surface area (Å²) < 4.78 is 0. The molecule has 160 valence electrons. The molecular formula is C26H26BN3O2. The van der Waals surface area contributed by atoms with E-state index in [0.717, 1.165) is 24.1 Å². The second-order valence-electron chi connectivity index (χ2n) is 7.96. The van der Waals surface area contributed by atoms with Crippen molar-refractivity contribution in [1.29, 1.82) is 0 Å². The van der Waals surface area contributed by atoms with Crippen molar-refractivity contribution in [3.05, 3.63) is 102 Å². The third-order valence-electron chi connectivity index (χ3n) is 5.81. The number of nitrogens with zero attached hydrogens (tertiary/aromatic N) is 3. The van der Waals surface area contributed by atoms with Crippen molar-refractivity contribution in [3.8, 4) is 0 Å². The molecule has 3 aromatic carbocycles. The van der Waals surface area contributed by atoms with Gasteiger partial charge in [0, 0.05) is 33.4 Å². The molecule has 0 saturated carbocycles. The van der Waals surface area contributed by atoms with Gasteiger partial charge in [-0.25, -0.2) is 9.79 Å². The first-order valence-electron chi connectivity index (χ1n) is 10.7. The fraction of sp³-hybridized carbons (Fsp3) is 0.154. The van der Waals surface area contributed by atoms with Crippen LogP contribution in [0.15, 0.2) is 101 Å². The highest BCUT2D eigenvalue weighted by molar-refractivity contribution is 6.96. The molecule has 3 aromatic rings. The van der Waals surface area contributed by atoms with Gasteiger partial charge in [-0.3, -0.25) is 0 Å². The third-order valence-corrected chi connectivity index (χ3v) is 5.81. The van der Waals surface area contributed by atoms with E-state index in [1.807, 2.05) is 78.5 Å². The molecule has 6 heteroatoms. The molecular weight excluding hydrogens is 397 g/mol. The monoisotopic (exact) mass is 423 g/mol. The fourth-order valence-corrected chi connectivity index (χ4v) is 4.24. The van der Waals surface area contributed by atoms with Crippen LogP contribution in [0.25, 0.3) is 0 Å². The quantitative estimate of drug-likeness (QED) is 0.373. The van der Waals surface area contributed by atoms with Crippen molar-refractivity contribution in [3.63, 3.8) is 0 Å². The molecule has 0 unspecified atom stereocenters. The first kappa shape index (κ1) is 21.4. The second-order valence-corrected chi connectivity index (χ2v) is 7.96. The number of aliphatic imine (C=N–C) groups is 1. The average molecular weight is 423 g/mol. The molecule has 1 saturated heterocycles. The summed E-state index contributed by atoms with van der Waals surface area (Å²) in [4.78, 5) is 20.4. The second kappa shape index (κ2) is 9.56. The van der Waals surface area contributed by atoms with Crippen molar-refractivity contribution in [1.82, 2.24) is 9.80 Å². The van der Waals surface area contributed by atoms with Gasteiger partial charge in [-0.05, 0) is 5.56 Å². The van der Waals surface area contributed by atoms with Crippen molar-refractivity contribution >= 4 is 35.3 Å². The minimum absolute atomic E-state index is 0.0119. The van der Waals surface area contributed by atoms with Crippen LogP contribution in [-0.4, -0.2) is 61.0 Å². The summed E-state index contributed by atoms with van der Waals surface area (Å²) in [6.07, 6.45) is 1.69. The summed E-state index contributed by atoms with van der Waals surface area (Å²) in [5.41, 5.74) is 4.38. The van der Waals surface area contributed by atoms with Crippen molar-refractivity contribution < 1.29 is 9.90 Å². The number of benzene rings is 3. The number of hydrogen-bond acceptors (Lipinski definition) is 4. The summed E-state index contributed by atoms with van der Waals surface area (Å²) >= 11 is 0. The largest absolute Gasteiger partial charge is 0.476 e. The Labute approximate surface area is 189 Å². The van der Waals surface area contributed by atoms with E-state index < -0.39 is 5.97 Å². The molecule has 0 radical (unpaired) electrons. The Balaban J connectivity index is 1.81. The number of carboxylic acids is 1. The molecule has 4 rings (SSSR count). The van der Waals surface area contributed by atoms with Gasteiger partial charge in [-0.2, -0.15) is 0 Å². The highest BCUT2D eigenvalue weighted by Gasteiger charge is 2.27. The molecule has 0 bridgehead atoms. The van der Waals surface area contributed by atoms with Gasteiger partial charge in [0.2, 0.25) is 6.71 Å². The van der Waals surface area contributed by atoms with Crippen molar-refractivity contribution in [2.24, 2.45) is 4.99 Å². The van der Waals surface area contributed by atoms with Gasteiger partial charge in [0.1, 0.15) is 5.82 Å². The number of carbonyl (C=O) groups is 1. The van der Waals surface area contributed by atoms with Gasteiger partial charge >= 0.3 is 5.97 Å². The van der Waals surface area contributed by atoms with Gasteiger partial charge in [0.15, 0.2) is 5.70 Å². The lowest BCUT2D eigenvalue weighted by Gasteiger charge is -2.19. The van der Waals surface area contributed by atoms with Crippen LogP contribution in [0.3, 0.4) is 0 Å². The molecule has 1 N–H and O–H groups in total. The molecule has 32 heavy (non-hydrogen) atoms. The predicted octanol–water partition coefficient (Wildman–Crippen LogP) is 1.75. The number of aliphatic carboxylic acids is 1. The van der Waals surface area contributed by atoms with Gasteiger partial charge in [0.05, 0.1) is 0 Å². The molecule has 0 amide bonds. The van der Waals surface area contributed by atoms with Gasteiger partial charge in [0.25, 0.3) is 0 Å². The van der Waals surface area contributed by atoms with Crippen LogP contribution >= 0.6 is 0 Å². The van der Waals surface area contributed by atoms with Crippen LogP contribution in [0.1, 0.15) is 5.56 Å². The molecule has 0 spiro atoms. The SMILES string of the molecule is CN1CCN(C)C1=C(N=Cc1ccccc1B(c1ccccc1)c1ccccc1)C(=O)O. The molecule has 0 aromatic heterocycles. The third kappa shape index (κ3) is 4.44. The maximum Gasteiger partial charge on any atom is 0.358 e. The highest BCUT2D eigenvalue weighted by atomic mass is 16.4. The number of carboxylic acid groups (broad SMARTS) is 1. The Kier molecular flexibility index (Phi) is 6.40. The molecule has 1 fully saturated rings. The minimum atomic E-state index is -1.03. The molecule has 5 nitrogen and oxygen atoms in total. The smallest absolute Gasteiger partial charge is 0.358 e. The summed E-state index contributed by atoms with van der Waals surface area (Å²) in [6, 6.07) is 28.7. The Bertz CT molecular complexity index is 1090. The van der Waals surface area contributed by atoms with E-state index in [-0.39, 0.29) is 12.4 Å². The Hall–Kier alpha value is -3.80. The van der Waals surface area contributed by atoms with E-state index in [4.69, 9.17) is 0 Å². The van der Waals surface area contributed by atoms with Crippen LogP contribution < -0.4 is 16.4 Å². The highest BCUT2D eigenvalue weighted by Crippen LogP contribution is 2.19. The maximum atomic E-state index is 12.0. The summed E-state index contributed by atoms with van der Waals surface area (Å²) in [6.45, 7) is 1.57. The summed E-state index contributed by atoms with van der Waals surface area (Å²) in [5.74, 6) is -0.397. The van der Waals surface area contributed by atoms with E-state index in [9.17, 15) is 9.90 Å². The molecule has 1 heterocycles. The summed E-state index contributed by atoms with van der Waals surface area (Å²) in [5, 5.41) is 9.86. The maximum absolute atomic E-state index is 12.0. The van der Waals surface area contributed by atoms with Crippen molar-refractivity contribution in [2.45, 2.75) is 0 Å². The first-order valence-corrected chi connectivity index (χ1v) is 10.7. The lowest BCUT2D eigenvalue weighted by atomic mass is 9.36. The molecule has 1 aliphatic heterocycles. The lowest BCUT2D eigenvalue weighted by Crippen LogP contribution is -2.53. The fourth-order valence-electron chi connectivity index (χ4n) is 4.24. The van der Waals surface area contributed by atoms with Crippen molar-refractivity contribution in [2.75, 3.05) is 27.2 Å². The summed E-state index contributed by atoms with van der Waals surface area (Å²) in [7, 11) is 3.79. The molecule has 0 atom stereocenters. The molecule has 0 aliphatic carbocycles. The van der Waals surface area contributed by atoms with Crippen LogP contribution in [0.4, 0.5) is 0 Å². The van der Waals surface area contributed by atoms with Gasteiger partial charge in [-0.15, -0.1) is 0 Å². The number of hydrogen-bond donors (Lipinski definition) is 1. The average Bonchev–Trinajstić information content (AvgIpc) is 3.14. The van der Waals surface area contributed by atoms with E-state index in [2.05, 4.69) is 35.3 Å². The first-order chi connectivity index (χ1) is 15.6. The Morgan fingerprint density at radius 3 is 1.88 bits per heavy atom. The van der Waals surface area contributed by atoms with E-state index in [0.29, 0.717) is 5.82 Å². The normalized spacial score (nSPS) is 13.6. The topological polar surface area (TPSA) is 56.1 Å². The lowest BCUT2D eigenvalue weighted by molar-refractivity contribution is -0.132. The Morgan fingerprint density at radius 1 is 0.844 bits per heavy atom. The van der Waals surface area contributed by atoms with Gasteiger partial charge < -0.3 is 14.9 Å². The van der Waals surface area contributed by atoms with Crippen LogP contribution in [-0.2, 0) is 4.79 Å². The Morgan fingerprint density at radius 2 is 1.34 bits per heavy atom. The van der Waals surface area contributed by atoms with E-state index in [1.54, 1.807) is 6.21 Å². The zero-order valence-corrected chi connectivity index (χ0v) is 18.3. The van der Waals surface area contributed by atoms with Crippen LogP contribution in [0, 0.1) is 0 Å².